The standard InChI is InChI=1S/C18H23NO4/c1-10-4-13(18(21)22)8-19(7-10)17(20)15-9-23-16-6-12(3)11(2)5-14(15)16/h5-6,10,13,15H,4,7-9H2,1-3H3,(H,21,22). The second-order valence-corrected chi connectivity index (χ2v) is 6.96. The SMILES string of the molecule is Cc1cc2c(cc1C)C(C(=O)N1CC(C)CC(C(=O)O)C1)CO2. The van der Waals surface area contributed by atoms with Crippen molar-refractivity contribution < 1.29 is 19.4 Å². The van der Waals surface area contributed by atoms with Crippen molar-refractivity contribution in [2.24, 2.45) is 11.8 Å². The van der Waals surface area contributed by atoms with Crippen LogP contribution in [0.4, 0.5) is 0 Å². The quantitative estimate of drug-likeness (QED) is 0.909. The number of hydrogen-bond acceptors (Lipinski definition) is 3. The minimum Gasteiger partial charge on any atom is -0.492 e. The zero-order valence-corrected chi connectivity index (χ0v) is 13.8. The van der Waals surface area contributed by atoms with Gasteiger partial charge in [0.05, 0.1) is 5.92 Å². The normalized spacial score (nSPS) is 26.6. The number of hydrogen-bond donors (Lipinski definition) is 1. The molecule has 5 nitrogen and oxygen atoms in total. The van der Waals surface area contributed by atoms with Crippen molar-refractivity contribution in [2.45, 2.75) is 33.1 Å². The summed E-state index contributed by atoms with van der Waals surface area (Å²) in [4.78, 5) is 25.9. The number of nitrogens with zero attached hydrogens (tertiary/aromatic N) is 1. The summed E-state index contributed by atoms with van der Waals surface area (Å²) >= 11 is 0. The number of aliphatic carboxylic acids is 1. The zero-order chi connectivity index (χ0) is 16.7. The number of carboxylic acids is 1. The van der Waals surface area contributed by atoms with Crippen molar-refractivity contribution >= 4 is 11.9 Å². The van der Waals surface area contributed by atoms with E-state index in [2.05, 4.69) is 0 Å². The molecule has 1 N–H and O–H groups in total. The molecule has 3 atom stereocenters. The van der Waals surface area contributed by atoms with Crippen molar-refractivity contribution in [1.29, 1.82) is 0 Å². The first-order valence-corrected chi connectivity index (χ1v) is 8.12. The van der Waals surface area contributed by atoms with Crippen LogP contribution in [0.2, 0.25) is 0 Å². The zero-order valence-electron chi connectivity index (χ0n) is 13.8. The monoisotopic (exact) mass is 317 g/mol. The highest BCUT2D eigenvalue weighted by Gasteiger charge is 2.38. The topological polar surface area (TPSA) is 66.8 Å². The van der Waals surface area contributed by atoms with Crippen LogP contribution in [0.5, 0.6) is 5.75 Å². The van der Waals surface area contributed by atoms with Gasteiger partial charge in [0.2, 0.25) is 5.91 Å². The average molecular weight is 317 g/mol. The molecule has 0 aromatic heterocycles. The maximum atomic E-state index is 12.9. The van der Waals surface area contributed by atoms with Crippen LogP contribution in [0.15, 0.2) is 12.1 Å². The van der Waals surface area contributed by atoms with Gasteiger partial charge in [0.15, 0.2) is 0 Å². The Morgan fingerprint density at radius 1 is 1.22 bits per heavy atom. The van der Waals surface area contributed by atoms with Crippen LogP contribution in [0, 0.1) is 25.7 Å². The van der Waals surface area contributed by atoms with Crippen molar-refractivity contribution in [1.82, 2.24) is 4.90 Å². The fraction of sp³-hybridized carbons (Fsp3) is 0.556. The van der Waals surface area contributed by atoms with E-state index < -0.39 is 11.9 Å². The van der Waals surface area contributed by atoms with Gasteiger partial charge >= 0.3 is 5.97 Å². The molecular weight excluding hydrogens is 294 g/mol. The molecule has 2 aliphatic heterocycles. The number of fused-ring (bicyclic) bond motifs is 1. The summed E-state index contributed by atoms with van der Waals surface area (Å²) in [5.74, 6) is -0.622. The molecule has 1 aromatic carbocycles. The van der Waals surface area contributed by atoms with E-state index in [-0.39, 0.29) is 17.7 Å². The first kappa shape index (κ1) is 15.8. The Kier molecular flexibility index (Phi) is 4.04. The Morgan fingerprint density at radius 2 is 1.91 bits per heavy atom. The van der Waals surface area contributed by atoms with Crippen molar-refractivity contribution in [3.63, 3.8) is 0 Å². The van der Waals surface area contributed by atoms with E-state index in [1.165, 1.54) is 0 Å². The molecule has 0 spiro atoms. The smallest absolute Gasteiger partial charge is 0.308 e. The number of carboxylic acid groups (broad SMARTS) is 1. The van der Waals surface area contributed by atoms with E-state index in [1.54, 1.807) is 4.90 Å². The summed E-state index contributed by atoms with van der Waals surface area (Å²) in [6.07, 6.45) is 0.634. The number of piperidine rings is 1. The molecule has 0 aliphatic carbocycles. The summed E-state index contributed by atoms with van der Waals surface area (Å²) in [6, 6.07) is 4.01. The fourth-order valence-electron chi connectivity index (χ4n) is 3.61. The second kappa shape index (κ2) is 5.87. The van der Waals surface area contributed by atoms with Crippen LogP contribution in [0.25, 0.3) is 0 Å². The number of likely N-dealkylation sites (tertiary alicyclic amines) is 1. The number of amides is 1. The van der Waals surface area contributed by atoms with E-state index in [0.717, 1.165) is 22.4 Å². The maximum Gasteiger partial charge on any atom is 0.308 e. The lowest BCUT2D eigenvalue weighted by molar-refractivity contribution is -0.147. The van der Waals surface area contributed by atoms with Gasteiger partial charge in [0.25, 0.3) is 0 Å². The van der Waals surface area contributed by atoms with Gasteiger partial charge in [0.1, 0.15) is 18.3 Å². The predicted molar refractivity (Wildman–Crippen MR) is 85.6 cm³/mol. The Hall–Kier alpha value is -2.04. The molecule has 1 amide bonds. The lowest BCUT2D eigenvalue weighted by atomic mass is 9.88. The van der Waals surface area contributed by atoms with E-state index in [1.807, 2.05) is 32.9 Å². The van der Waals surface area contributed by atoms with Crippen LogP contribution in [-0.4, -0.2) is 41.6 Å². The lowest BCUT2D eigenvalue weighted by Crippen LogP contribution is -2.47. The van der Waals surface area contributed by atoms with Gasteiger partial charge in [-0.3, -0.25) is 9.59 Å². The Balaban J connectivity index is 1.82. The largest absolute Gasteiger partial charge is 0.492 e. The molecule has 1 fully saturated rings. The Bertz CT molecular complexity index is 655. The van der Waals surface area contributed by atoms with Crippen molar-refractivity contribution in [3.8, 4) is 5.75 Å². The van der Waals surface area contributed by atoms with Gasteiger partial charge in [-0.05, 0) is 43.4 Å². The maximum absolute atomic E-state index is 12.9. The molecule has 124 valence electrons. The number of carbonyl (C=O) groups is 2. The summed E-state index contributed by atoms with van der Waals surface area (Å²) in [5, 5.41) is 9.28. The molecule has 2 aliphatic rings. The lowest BCUT2D eigenvalue weighted by Gasteiger charge is -2.35. The molecule has 0 radical (unpaired) electrons. The minimum absolute atomic E-state index is 0.00944. The minimum atomic E-state index is -0.816. The van der Waals surface area contributed by atoms with Crippen molar-refractivity contribution in [3.05, 3.63) is 28.8 Å². The Labute approximate surface area is 136 Å². The van der Waals surface area contributed by atoms with Gasteiger partial charge in [-0.2, -0.15) is 0 Å². The number of aryl methyl sites for hydroxylation is 2. The molecule has 2 heterocycles. The van der Waals surface area contributed by atoms with Crippen LogP contribution in [-0.2, 0) is 9.59 Å². The van der Waals surface area contributed by atoms with Crippen LogP contribution in [0.1, 0.15) is 36.0 Å². The summed E-state index contributed by atoms with van der Waals surface area (Å²) in [6.45, 7) is 7.33. The molecule has 0 bridgehead atoms. The van der Waals surface area contributed by atoms with Gasteiger partial charge in [-0.1, -0.05) is 13.0 Å². The highest BCUT2D eigenvalue weighted by atomic mass is 16.5. The molecule has 3 rings (SSSR count). The fourth-order valence-corrected chi connectivity index (χ4v) is 3.61. The molecule has 0 saturated carbocycles. The predicted octanol–water partition coefficient (Wildman–Crippen LogP) is 2.35. The van der Waals surface area contributed by atoms with Crippen molar-refractivity contribution in [2.75, 3.05) is 19.7 Å². The van der Waals surface area contributed by atoms with Crippen LogP contribution in [0.3, 0.4) is 0 Å². The van der Waals surface area contributed by atoms with E-state index >= 15 is 0 Å². The van der Waals surface area contributed by atoms with E-state index in [4.69, 9.17) is 4.74 Å². The highest BCUT2D eigenvalue weighted by Crippen LogP contribution is 2.37. The molecule has 5 heteroatoms. The number of rotatable bonds is 2. The summed E-state index contributed by atoms with van der Waals surface area (Å²) in [5.41, 5.74) is 3.22. The average Bonchev–Trinajstić information content (AvgIpc) is 2.89. The first-order valence-electron chi connectivity index (χ1n) is 8.12. The number of carbonyl (C=O) groups excluding carboxylic acids is 1. The van der Waals surface area contributed by atoms with Gasteiger partial charge in [-0.25, -0.2) is 0 Å². The highest BCUT2D eigenvalue weighted by molar-refractivity contribution is 5.86. The molecule has 23 heavy (non-hydrogen) atoms. The van der Waals surface area contributed by atoms with Gasteiger partial charge in [0, 0.05) is 18.7 Å². The molecule has 1 saturated heterocycles. The Morgan fingerprint density at radius 3 is 2.61 bits per heavy atom. The summed E-state index contributed by atoms with van der Waals surface area (Å²) in [7, 11) is 0. The van der Waals surface area contributed by atoms with Gasteiger partial charge < -0.3 is 14.7 Å². The number of benzene rings is 1. The third kappa shape index (κ3) is 2.92. The van der Waals surface area contributed by atoms with Crippen LogP contribution >= 0.6 is 0 Å². The van der Waals surface area contributed by atoms with E-state index in [0.29, 0.717) is 26.1 Å². The van der Waals surface area contributed by atoms with E-state index in [9.17, 15) is 14.7 Å². The summed E-state index contributed by atoms with van der Waals surface area (Å²) < 4.78 is 5.70. The van der Waals surface area contributed by atoms with Gasteiger partial charge in [-0.15, -0.1) is 0 Å². The second-order valence-electron chi connectivity index (χ2n) is 6.96. The third-order valence-corrected chi connectivity index (χ3v) is 5.03. The molecular formula is C18H23NO4. The molecule has 3 unspecified atom stereocenters. The molecule has 1 aromatic rings. The first-order chi connectivity index (χ1) is 10.9. The number of ether oxygens (including phenoxy) is 1. The van der Waals surface area contributed by atoms with Crippen LogP contribution < -0.4 is 4.74 Å². The third-order valence-electron chi connectivity index (χ3n) is 5.03.